The number of ether oxygens (including phenoxy) is 1. The highest BCUT2D eigenvalue weighted by Gasteiger charge is 2.24. The summed E-state index contributed by atoms with van der Waals surface area (Å²) in [7, 11) is 1.55. The van der Waals surface area contributed by atoms with E-state index < -0.39 is 11.6 Å². The molecule has 1 unspecified atom stereocenters. The topological polar surface area (TPSA) is 72.3 Å². The fourth-order valence-electron chi connectivity index (χ4n) is 3.89. The number of benzene rings is 2. The quantitative estimate of drug-likeness (QED) is 0.637. The number of hydrogen-bond acceptors (Lipinski definition) is 5. The SMILES string of the molecule is COc1cccc(C(=O)NC(C)c2nnc3n2CCN(Cc2cccc(F)c2F)CC3)c1. The molecular formula is C23H25F2N5O2. The second kappa shape index (κ2) is 9.44. The molecule has 1 aliphatic rings. The molecule has 1 amide bonds. The fraction of sp³-hybridized carbons (Fsp3) is 0.348. The number of rotatable bonds is 6. The van der Waals surface area contributed by atoms with Crippen LogP contribution in [0.5, 0.6) is 5.75 Å². The van der Waals surface area contributed by atoms with Gasteiger partial charge >= 0.3 is 0 Å². The van der Waals surface area contributed by atoms with Crippen LogP contribution in [0.2, 0.25) is 0 Å². The van der Waals surface area contributed by atoms with E-state index >= 15 is 0 Å². The Morgan fingerprint density at radius 2 is 1.97 bits per heavy atom. The lowest BCUT2D eigenvalue weighted by molar-refractivity contribution is 0.0937. The summed E-state index contributed by atoms with van der Waals surface area (Å²) in [5.41, 5.74) is 0.830. The maximum Gasteiger partial charge on any atom is 0.251 e. The normalized spacial score (nSPS) is 15.0. The van der Waals surface area contributed by atoms with Crippen LogP contribution < -0.4 is 10.1 Å². The van der Waals surface area contributed by atoms with Crippen LogP contribution in [0.15, 0.2) is 42.5 Å². The smallest absolute Gasteiger partial charge is 0.251 e. The van der Waals surface area contributed by atoms with Gasteiger partial charge in [0.05, 0.1) is 13.2 Å². The minimum atomic E-state index is -0.836. The van der Waals surface area contributed by atoms with Crippen molar-refractivity contribution in [2.75, 3.05) is 20.2 Å². The van der Waals surface area contributed by atoms with Gasteiger partial charge in [0.2, 0.25) is 0 Å². The van der Waals surface area contributed by atoms with E-state index in [4.69, 9.17) is 4.74 Å². The second-order valence-corrected chi connectivity index (χ2v) is 7.79. The summed E-state index contributed by atoms with van der Waals surface area (Å²) in [6.07, 6.45) is 0.625. The minimum absolute atomic E-state index is 0.231. The van der Waals surface area contributed by atoms with Crippen LogP contribution in [0.3, 0.4) is 0 Å². The van der Waals surface area contributed by atoms with Gasteiger partial charge in [-0.3, -0.25) is 9.69 Å². The lowest BCUT2D eigenvalue weighted by atomic mass is 10.2. The van der Waals surface area contributed by atoms with Crippen LogP contribution in [0, 0.1) is 11.6 Å². The van der Waals surface area contributed by atoms with E-state index in [-0.39, 0.29) is 11.9 Å². The summed E-state index contributed by atoms with van der Waals surface area (Å²) < 4.78 is 34.8. The molecule has 0 fully saturated rings. The molecule has 9 heteroatoms. The number of hydrogen-bond donors (Lipinski definition) is 1. The minimum Gasteiger partial charge on any atom is -0.497 e. The van der Waals surface area contributed by atoms with Crippen molar-refractivity contribution in [3.05, 3.63) is 76.9 Å². The van der Waals surface area contributed by atoms with Gasteiger partial charge in [0.25, 0.3) is 5.91 Å². The molecule has 0 aliphatic carbocycles. The molecule has 168 valence electrons. The van der Waals surface area contributed by atoms with Crippen molar-refractivity contribution in [1.29, 1.82) is 0 Å². The Hall–Kier alpha value is -3.33. The first kappa shape index (κ1) is 21.9. The Labute approximate surface area is 185 Å². The van der Waals surface area contributed by atoms with Gasteiger partial charge in [-0.15, -0.1) is 10.2 Å². The lowest BCUT2D eigenvalue weighted by Gasteiger charge is -2.20. The molecule has 1 atom stereocenters. The summed E-state index contributed by atoms with van der Waals surface area (Å²) in [5, 5.41) is 11.6. The number of carbonyl (C=O) groups excluding carboxylic acids is 1. The standard InChI is InChI=1S/C23H25F2N5O2/c1-15(26-23(31)16-5-3-7-18(13-16)32-2)22-28-27-20-9-10-29(11-12-30(20)22)14-17-6-4-8-19(24)21(17)25/h3-8,13,15H,9-12,14H2,1-2H3,(H,26,31). The van der Waals surface area contributed by atoms with E-state index in [0.29, 0.717) is 55.3 Å². The lowest BCUT2D eigenvalue weighted by Crippen LogP contribution is -2.30. The van der Waals surface area contributed by atoms with E-state index in [1.165, 1.54) is 6.07 Å². The van der Waals surface area contributed by atoms with Gasteiger partial charge in [-0.05, 0) is 31.2 Å². The third kappa shape index (κ3) is 4.62. The van der Waals surface area contributed by atoms with Crippen molar-refractivity contribution in [1.82, 2.24) is 25.0 Å². The molecule has 0 saturated heterocycles. The molecule has 4 rings (SSSR count). The first-order valence-corrected chi connectivity index (χ1v) is 10.5. The largest absolute Gasteiger partial charge is 0.497 e. The number of carbonyl (C=O) groups is 1. The Balaban J connectivity index is 1.43. The number of nitrogens with one attached hydrogen (secondary N) is 1. The zero-order chi connectivity index (χ0) is 22.7. The number of nitrogens with zero attached hydrogens (tertiary/aromatic N) is 4. The predicted molar refractivity (Wildman–Crippen MR) is 114 cm³/mol. The highest BCUT2D eigenvalue weighted by Crippen LogP contribution is 2.19. The first-order valence-electron chi connectivity index (χ1n) is 10.5. The first-order chi connectivity index (χ1) is 15.5. The zero-order valence-corrected chi connectivity index (χ0v) is 18.0. The number of amides is 1. The Bertz CT molecular complexity index is 1120. The van der Waals surface area contributed by atoms with Gasteiger partial charge < -0.3 is 14.6 Å². The van der Waals surface area contributed by atoms with Crippen LogP contribution in [-0.4, -0.2) is 45.8 Å². The molecule has 0 saturated carbocycles. The van der Waals surface area contributed by atoms with Crippen molar-refractivity contribution in [2.45, 2.75) is 32.5 Å². The molecule has 0 bridgehead atoms. The van der Waals surface area contributed by atoms with Crippen molar-refractivity contribution in [2.24, 2.45) is 0 Å². The van der Waals surface area contributed by atoms with E-state index in [1.54, 1.807) is 37.4 Å². The molecule has 7 nitrogen and oxygen atoms in total. The predicted octanol–water partition coefficient (Wildman–Crippen LogP) is 3.11. The van der Waals surface area contributed by atoms with Crippen molar-refractivity contribution in [3.63, 3.8) is 0 Å². The fourth-order valence-corrected chi connectivity index (χ4v) is 3.89. The molecule has 2 heterocycles. The van der Waals surface area contributed by atoms with Gasteiger partial charge in [-0.2, -0.15) is 0 Å². The maximum absolute atomic E-state index is 14.1. The third-order valence-corrected chi connectivity index (χ3v) is 5.64. The van der Waals surface area contributed by atoms with Crippen molar-refractivity contribution >= 4 is 5.91 Å². The van der Waals surface area contributed by atoms with Gasteiger partial charge in [-0.1, -0.05) is 18.2 Å². The second-order valence-electron chi connectivity index (χ2n) is 7.79. The molecule has 3 aromatic rings. The van der Waals surface area contributed by atoms with Crippen LogP contribution in [0.25, 0.3) is 0 Å². The zero-order valence-electron chi connectivity index (χ0n) is 18.0. The molecule has 1 aliphatic heterocycles. The molecule has 1 N–H and O–H groups in total. The number of fused-ring (bicyclic) bond motifs is 1. The number of aromatic nitrogens is 3. The summed E-state index contributed by atoms with van der Waals surface area (Å²) in [4.78, 5) is 14.7. The number of halogens is 2. The Kier molecular flexibility index (Phi) is 6.45. The van der Waals surface area contributed by atoms with Crippen LogP contribution in [-0.2, 0) is 19.5 Å². The van der Waals surface area contributed by atoms with Crippen molar-refractivity contribution < 1.29 is 18.3 Å². The molecule has 1 aromatic heterocycles. The van der Waals surface area contributed by atoms with Gasteiger partial charge in [0.1, 0.15) is 11.6 Å². The highest BCUT2D eigenvalue weighted by molar-refractivity contribution is 5.94. The summed E-state index contributed by atoms with van der Waals surface area (Å²) in [6.45, 7) is 4.05. The Morgan fingerprint density at radius 1 is 1.16 bits per heavy atom. The van der Waals surface area contributed by atoms with E-state index in [0.717, 1.165) is 11.9 Å². The molecule has 0 radical (unpaired) electrons. The average molecular weight is 441 g/mol. The highest BCUT2D eigenvalue weighted by atomic mass is 19.2. The molecule has 0 spiro atoms. The molecular weight excluding hydrogens is 416 g/mol. The van der Waals surface area contributed by atoms with Crippen LogP contribution in [0.1, 0.15) is 40.5 Å². The van der Waals surface area contributed by atoms with Gasteiger partial charge in [-0.25, -0.2) is 8.78 Å². The van der Waals surface area contributed by atoms with Gasteiger partial charge in [0.15, 0.2) is 17.5 Å². The third-order valence-electron chi connectivity index (χ3n) is 5.64. The summed E-state index contributed by atoms with van der Waals surface area (Å²) >= 11 is 0. The molecule has 2 aromatic carbocycles. The van der Waals surface area contributed by atoms with Crippen LogP contribution >= 0.6 is 0 Å². The molecule has 32 heavy (non-hydrogen) atoms. The van der Waals surface area contributed by atoms with E-state index in [9.17, 15) is 13.6 Å². The Morgan fingerprint density at radius 3 is 2.78 bits per heavy atom. The van der Waals surface area contributed by atoms with E-state index in [2.05, 4.69) is 20.4 Å². The van der Waals surface area contributed by atoms with E-state index in [1.807, 2.05) is 11.5 Å². The monoisotopic (exact) mass is 441 g/mol. The maximum atomic E-state index is 14.1. The van der Waals surface area contributed by atoms with Crippen molar-refractivity contribution in [3.8, 4) is 5.75 Å². The summed E-state index contributed by atoms with van der Waals surface area (Å²) in [5.74, 6) is 0.213. The average Bonchev–Trinajstić information content (AvgIpc) is 3.11. The summed E-state index contributed by atoms with van der Waals surface area (Å²) in [6, 6.07) is 10.8. The van der Waals surface area contributed by atoms with Gasteiger partial charge in [0, 0.05) is 43.7 Å². The number of methoxy groups -OCH3 is 1. The van der Waals surface area contributed by atoms with Crippen LogP contribution in [0.4, 0.5) is 8.78 Å².